The molecule has 0 aliphatic heterocycles. The fourth-order valence-electron chi connectivity index (χ4n) is 2.44. The second-order valence-corrected chi connectivity index (χ2v) is 6.82. The number of anilines is 2. The summed E-state index contributed by atoms with van der Waals surface area (Å²) in [6.07, 6.45) is -4.45. The van der Waals surface area contributed by atoms with E-state index in [2.05, 4.69) is 20.3 Å². The molecule has 7 nitrogen and oxygen atoms in total. The molecule has 0 spiro atoms. The molecule has 2 N–H and O–H groups in total. The van der Waals surface area contributed by atoms with E-state index in [9.17, 15) is 26.3 Å². The van der Waals surface area contributed by atoms with E-state index in [0.717, 1.165) is 30.9 Å². The van der Waals surface area contributed by atoms with Gasteiger partial charge in [0.2, 0.25) is 0 Å². The number of aliphatic carboxylic acids is 1. The summed E-state index contributed by atoms with van der Waals surface area (Å²) >= 11 is 0. The number of likely N-dealkylation sites (N-methyl/N-ethyl adjacent to an activating group) is 1. The molecule has 1 aromatic carbocycles. The number of alkyl halides is 6. The van der Waals surface area contributed by atoms with E-state index in [0.29, 0.717) is 16.6 Å². The summed E-state index contributed by atoms with van der Waals surface area (Å²) in [6, 6.07) is 5.19. The van der Waals surface area contributed by atoms with Crippen LogP contribution in [-0.2, 0) is 17.5 Å². The van der Waals surface area contributed by atoms with Crippen molar-refractivity contribution >= 4 is 28.2 Å². The number of carboxylic acids is 1. The van der Waals surface area contributed by atoms with Crippen LogP contribution in [0.2, 0.25) is 0 Å². The molecule has 2 heterocycles. The molecule has 0 amide bonds. The fraction of sp³-hybridized carbons (Fsp3) is 0.316. The van der Waals surface area contributed by atoms with Crippen molar-refractivity contribution in [2.24, 2.45) is 0 Å². The predicted molar refractivity (Wildman–Crippen MR) is 104 cm³/mol. The van der Waals surface area contributed by atoms with Crippen molar-refractivity contribution in [2.45, 2.75) is 18.9 Å². The lowest BCUT2D eigenvalue weighted by Crippen LogP contribution is -2.21. The Kier molecular flexibility index (Phi) is 7.67. The Morgan fingerprint density at radius 3 is 2.38 bits per heavy atom. The van der Waals surface area contributed by atoms with Crippen LogP contribution in [0.5, 0.6) is 0 Å². The van der Waals surface area contributed by atoms with Gasteiger partial charge in [0.15, 0.2) is 0 Å². The van der Waals surface area contributed by atoms with Crippen molar-refractivity contribution in [2.75, 3.05) is 26.0 Å². The van der Waals surface area contributed by atoms with Crippen LogP contribution in [0, 0.1) is 0 Å². The van der Waals surface area contributed by atoms with Gasteiger partial charge in [0.25, 0.3) is 0 Å². The van der Waals surface area contributed by atoms with Crippen LogP contribution < -0.4 is 5.32 Å². The average molecular weight is 463 g/mol. The van der Waals surface area contributed by atoms with Gasteiger partial charge >= 0.3 is 18.3 Å². The first kappa shape index (κ1) is 24.9. The van der Waals surface area contributed by atoms with Crippen LogP contribution in [0.4, 0.5) is 37.8 Å². The highest BCUT2D eigenvalue weighted by Gasteiger charge is 2.38. The molecule has 0 bridgehead atoms. The molecule has 0 unspecified atom stereocenters. The van der Waals surface area contributed by atoms with E-state index < -0.39 is 23.9 Å². The first-order valence-corrected chi connectivity index (χ1v) is 8.97. The molecule has 0 aliphatic carbocycles. The third kappa shape index (κ3) is 7.11. The van der Waals surface area contributed by atoms with E-state index >= 15 is 0 Å². The van der Waals surface area contributed by atoms with E-state index in [-0.39, 0.29) is 0 Å². The second kappa shape index (κ2) is 9.85. The Bertz CT molecular complexity index is 1060. The van der Waals surface area contributed by atoms with E-state index in [1.165, 1.54) is 12.3 Å². The maximum Gasteiger partial charge on any atom is 0.490 e. The summed E-state index contributed by atoms with van der Waals surface area (Å²) in [4.78, 5) is 15.2. The molecule has 0 radical (unpaired) electrons. The summed E-state index contributed by atoms with van der Waals surface area (Å²) in [5, 5.41) is 15.6. The first-order chi connectivity index (χ1) is 14.8. The number of aromatic nitrogens is 3. The van der Waals surface area contributed by atoms with Gasteiger partial charge in [0, 0.05) is 24.3 Å². The maximum absolute atomic E-state index is 12.8. The van der Waals surface area contributed by atoms with Gasteiger partial charge in [-0.3, -0.25) is 4.68 Å². The van der Waals surface area contributed by atoms with Gasteiger partial charge in [-0.15, -0.1) is 0 Å². The molecule has 0 fully saturated rings. The topological polar surface area (TPSA) is 83.3 Å². The van der Waals surface area contributed by atoms with Crippen molar-refractivity contribution in [3.8, 4) is 0 Å². The molecule has 32 heavy (non-hydrogen) atoms. The molecule has 2 aromatic heterocycles. The molecule has 0 aliphatic rings. The third-order valence-corrected chi connectivity index (χ3v) is 4.01. The van der Waals surface area contributed by atoms with Crippen LogP contribution in [0.25, 0.3) is 10.8 Å². The zero-order chi connectivity index (χ0) is 24.1. The highest BCUT2D eigenvalue weighted by molar-refractivity contribution is 5.93. The molecular formula is C19H19F6N5O2. The number of nitrogens with zero attached hydrogens (tertiary/aromatic N) is 4. The van der Waals surface area contributed by atoms with Crippen LogP contribution in [-0.4, -0.2) is 57.6 Å². The summed E-state index contributed by atoms with van der Waals surface area (Å²) in [6.45, 7) is 1.60. The van der Waals surface area contributed by atoms with Crippen LogP contribution >= 0.6 is 0 Å². The summed E-state index contributed by atoms with van der Waals surface area (Å²) in [5.41, 5.74) is 0.0623. The highest BCUT2D eigenvalue weighted by Crippen LogP contribution is 2.33. The predicted octanol–water partition coefficient (Wildman–Crippen LogP) is 4.39. The van der Waals surface area contributed by atoms with Crippen LogP contribution in [0.1, 0.15) is 5.56 Å². The third-order valence-electron chi connectivity index (χ3n) is 4.01. The van der Waals surface area contributed by atoms with Crippen molar-refractivity contribution in [1.29, 1.82) is 0 Å². The average Bonchev–Trinajstić information content (AvgIpc) is 3.12. The Labute approximate surface area is 178 Å². The Balaban J connectivity index is 0.000000451. The molecule has 174 valence electrons. The van der Waals surface area contributed by atoms with Gasteiger partial charge < -0.3 is 15.3 Å². The monoisotopic (exact) mass is 463 g/mol. The largest absolute Gasteiger partial charge is 0.490 e. The lowest BCUT2D eigenvalue weighted by molar-refractivity contribution is -0.192. The van der Waals surface area contributed by atoms with Crippen LogP contribution in [0.15, 0.2) is 42.9 Å². The lowest BCUT2D eigenvalue weighted by Gasteiger charge is -2.10. The van der Waals surface area contributed by atoms with Gasteiger partial charge in [0.05, 0.1) is 24.0 Å². The number of benzene rings is 1. The molecule has 3 rings (SSSR count). The van der Waals surface area contributed by atoms with Crippen molar-refractivity contribution in [3.63, 3.8) is 0 Å². The summed E-state index contributed by atoms with van der Waals surface area (Å²) < 4.78 is 72.1. The molecule has 0 saturated heterocycles. The number of fused-ring (bicyclic) bond motifs is 1. The molecule has 0 saturated carbocycles. The van der Waals surface area contributed by atoms with E-state index in [1.54, 1.807) is 16.9 Å². The number of carboxylic acid groups (broad SMARTS) is 1. The minimum Gasteiger partial charge on any atom is -0.475 e. The number of hydrogen-bond donors (Lipinski definition) is 2. The Morgan fingerprint density at radius 1 is 1.16 bits per heavy atom. The SMILES string of the molecule is CN(C)CCn1cc(Nc2nccc3cc(C(F)(F)F)ccc23)cn1.O=C(O)C(F)(F)F. The van der Waals surface area contributed by atoms with Crippen molar-refractivity contribution < 1.29 is 36.2 Å². The van der Waals surface area contributed by atoms with Crippen LogP contribution in [0.3, 0.4) is 0 Å². The Hall–Kier alpha value is -3.35. The number of carbonyl (C=O) groups is 1. The number of nitrogens with one attached hydrogen (secondary N) is 1. The van der Waals surface area contributed by atoms with Gasteiger partial charge in [-0.25, -0.2) is 9.78 Å². The van der Waals surface area contributed by atoms with Gasteiger partial charge in [-0.2, -0.15) is 31.4 Å². The molecular weight excluding hydrogens is 444 g/mol. The maximum atomic E-state index is 12.8. The highest BCUT2D eigenvalue weighted by atomic mass is 19.4. The minimum atomic E-state index is -5.08. The van der Waals surface area contributed by atoms with Gasteiger partial charge in [-0.1, -0.05) is 6.07 Å². The number of halogens is 6. The number of pyridine rings is 1. The smallest absolute Gasteiger partial charge is 0.475 e. The van der Waals surface area contributed by atoms with Crippen molar-refractivity contribution in [1.82, 2.24) is 19.7 Å². The minimum absolute atomic E-state index is 0.479. The van der Waals surface area contributed by atoms with E-state index in [4.69, 9.17) is 9.90 Å². The number of rotatable bonds is 5. The standard InChI is InChI=1S/C17H18F3N5.C2HF3O2/c1-24(2)7-8-25-11-14(10-22-25)23-16-15-4-3-13(17(18,19)20)9-12(15)5-6-21-16;3-2(4,5)1(6)7/h3-6,9-11H,7-8H2,1-2H3,(H,21,23);(H,6,7). The lowest BCUT2D eigenvalue weighted by atomic mass is 10.1. The zero-order valence-corrected chi connectivity index (χ0v) is 16.9. The van der Waals surface area contributed by atoms with Gasteiger partial charge in [-0.05, 0) is 37.7 Å². The normalized spacial score (nSPS) is 11.9. The molecule has 13 heteroatoms. The number of hydrogen-bond acceptors (Lipinski definition) is 5. The fourth-order valence-corrected chi connectivity index (χ4v) is 2.44. The summed E-state index contributed by atoms with van der Waals surface area (Å²) in [7, 11) is 3.97. The van der Waals surface area contributed by atoms with Crippen molar-refractivity contribution in [3.05, 3.63) is 48.4 Å². The zero-order valence-electron chi connectivity index (χ0n) is 16.9. The Morgan fingerprint density at radius 2 is 1.81 bits per heavy atom. The van der Waals surface area contributed by atoms with Gasteiger partial charge in [0.1, 0.15) is 5.82 Å². The molecule has 3 aromatic rings. The summed E-state index contributed by atoms with van der Waals surface area (Å²) in [5.74, 6) is -2.26. The van der Waals surface area contributed by atoms with E-state index in [1.807, 2.05) is 20.3 Å². The molecule has 0 atom stereocenters. The second-order valence-electron chi connectivity index (χ2n) is 6.82. The quantitative estimate of drug-likeness (QED) is 0.547. The first-order valence-electron chi connectivity index (χ1n) is 8.97.